The molecule has 1 heterocycles. The lowest BCUT2D eigenvalue weighted by molar-refractivity contribution is -0.384. The summed E-state index contributed by atoms with van der Waals surface area (Å²) in [5, 5.41) is 17.0. The van der Waals surface area contributed by atoms with Crippen molar-refractivity contribution in [2.75, 3.05) is 5.43 Å². The maximum atomic E-state index is 10.8. The Morgan fingerprint density at radius 2 is 1.77 bits per heavy atom. The first-order chi connectivity index (χ1) is 14.5. The number of fused-ring (bicyclic) bond motifs is 1. The van der Waals surface area contributed by atoms with Gasteiger partial charge in [0, 0.05) is 45.9 Å². The van der Waals surface area contributed by atoms with Crippen molar-refractivity contribution in [1.82, 2.24) is 4.57 Å². The number of nitro groups is 1. The molecule has 1 N–H and O–H groups in total. The fourth-order valence-corrected chi connectivity index (χ4v) is 3.55. The zero-order chi connectivity index (χ0) is 21.1. The van der Waals surface area contributed by atoms with Crippen LogP contribution < -0.4 is 5.43 Å². The molecular weight excluding hydrogens is 400 g/mol. The molecule has 3 aromatic carbocycles. The molecule has 0 radical (unpaired) electrons. The number of hydrogen-bond donors (Lipinski definition) is 1. The van der Waals surface area contributed by atoms with Gasteiger partial charge in [0.25, 0.3) is 5.69 Å². The average molecular weight is 419 g/mol. The van der Waals surface area contributed by atoms with Gasteiger partial charge in [-0.3, -0.25) is 15.5 Å². The third-order valence-corrected chi connectivity index (χ3v) is 5.25. The largest absolute Gasteiger partial charge is 0.340 e. The molecule has 0 fully saturated rings. The number of benzene rings is 3. The molecule has 0 atom stereocenters. The van der Waals surface area contributed by atoms with Crippen LogP contribution in [0.5, 0.6) is 0 Å². The number of nitro benzene ring substituents is 1. The van der Waals surface area contributed by atoms with E-state index < -0.39 is 4.92 Å². The SMILES string of the molecule is Cc1c(/C=N/Nc2ccc([N+](=O)[O-])cc2)c2ccccc2n1Cc1ccc(Cl)cc1. The minimum absolute atomic E-state index is 0.0469. The van der Waals surface area contributed by atoms with E-state index in [4.69, 9.17) is 11.6 Å². The van der Waals surface area contributed by atoms with Crippen molar-refractivity contribution in [3.63, 3.8) is 0 Å². The molecule has 7 heteroatoms. The van der Waals surface area contributed by atoms with Crippen molar-refractivity contribution in [3.05, 3.63) is 105 Å². The van der Waals surface area contributed by atoms with Gasteiger partial charge in [-0.05, 0) is 42.8 Å². The molecule has 0 saturated carbocycles. The van der Waals surface area contributed by atoms with Crippen LogP contribution in [0.4, 0.5) is 11.4 Å². The van der Waals surface area contributed by atoms with Crippen LogP contribution in [0.3, 0.4) is 0 Å². The lowest BCUT2D eigenvalue weighted by Crippen LogP contribution is -2.02. The van der Waals surface area contributed by atoms with Gasteiger partial charge in [-0.2, -0.15) is 5.10 Å². The molecule has 0 saturated heterocycles. The van der Waals surface area contributed by atoms with Crippen LogP contribution in [0, 0.1) is 17.0 Å². The second-order valence-electron chi connectivity index (χ2n) is 6.90. The van der Waals surface area contributed by atoms with Crippen LogP contribution in [0.15, 0.2) is 77.9 Å². The molecule has 0 spiro atoms. The monoisotopic (exact) mass is 418 g/mol. The summed E-state index contributed by atoms with van der Waals surface area (Å²) >= 11 is 6.01. The average Bonchev–Trinajstić information content (AvgIpc) is 3.01. The van der Waals surface area contributed by atoms with E-state index in [-0.39, 0.29) is 5.69 Å². The Labute approximate surface area is 178 Å². The maximum Gasteiger partial charge on any atom is 0.269 e. The van der Waals surface area contributed by atoms with E-state index in [1.807, 2.05) is 36.4 Å². The zero-order valence-corrected chi connectivity index (χ0v) is 17.0. The third-order valence-electron chi connectivity index (χ3n) is 5.00. The van der Waals surface area contributed by atoms with Gasteiger partial charge < -0.3 is 4.57 Å². The summed E-state index contributed by atoms with van der Waals surface area (Å²) in [6.45, 7) is 2.80. The molecule has 4 aromatic rings. The van der Waals surface area contributed by atoms with Crippen LogP contribution >= 0.6 is 11.6 Å². The molecule has 30 heavy (non-hydrogen) atoms. The second-order valence-corrected chi connectivity index (χ2v) is 7.34. The molecule has 0 aliphatic carbocycles. The number of aromatic nitrogens is 1. The zero-order valence-electron chi connectivity index (χ0n) is 16.2. The summed E-state index contributed by atoms with van der Waals surface area (Å²) in [5.74, 6) is 0. The maximum absolute atomic E-state index is 10.8. The number of para-hydroxylation sites is 1. The van der Waals surface area contributed by atoms with Crippen LogP contribution in [-0.4, -0.2) is 15.7 Å². The predicted octanol–water partition coefficient (Wildman–Crippen LogP) is 6.01. The van der Waals surface area contributed by atoms with Gasteiger partial charge in [0.15, 0.2) is 0 Å². The minimum atomic E-state index is -0.425. The lowest BCUT2D eigenvalue weighted by Gasteiger charge is -2.09. The molecule has 0 bridgehead atoms. The molecule has 0 unspecified atom stereocenters. The third kappa shape index (κ3) is 4.04. The lowest BCUT2D eigenvalue weighted by atomic mass is 10.1. The number of anilines is 1. The fourth-order valence-electron chi connectivity index (χ4n) is 3.43. The summed E-state index contributed by atoms with van der Waals surface area (Å²) in [4.78, 5) is 10.3. The van der Waals surface area contributed by atoms with Crippen molar-refractivity contribution in [1.29, 1.82) is 0 Å². The van der Waals surface area contributed by atoms with E-state index in [1.165, 1.54) is 12.1 Å². The van der Waals surface area contributed by atoms with Gasteiger partial charge in [-0.15, -0.1) is 0 Å². The Morgan fingerprint density at radius 3 is 2.47 bits per heavy atom. The first-order valence-corrected chi connectivity index (χ1v) is 9.76. The van der Waals surface area contributed by atoms with Crippen molar-refractivity contribution < 1.29 is 4.92 Å². The Kier molecular flexibility index (Phi) is 5.50. The molecule has 0 aliphatic rings. The van der Waals surface area contributed by atoms with Crippen LogP contribution in [0.1, 0.15) is 16.8 Å². The Bertz CT molecular complexity index is 1230. The van der Waals surface area contributed by atoms with E-state index in [9.17, 15) is 10.1 Å². The predicted molar refractivity (Wildman–Crippen MR) is 122 cm³/mol. The first kappa shape index (κ1) is 19.7. The number of non-ortho nitro benzene ring substituents is 1. The molecule has 6 nitrogen and oxygen atoms in total. The van der Waals surface area contributed by atoms with Crippen LogP contribution in [0.2, 0.25) is 5.02 Å². The quantitative estimate of drug-likeness (QED) is 0.237. The minimum Gasteiger partial charge on any atom is -0.340 e. The topological polar surface area (TPSA) is 72.5 Å². The van der Waals surface area contributed by atoms with Crippen molar-refractivity contribution in [3.8, 4) is 0 Å². The van der Waals surface area contributed by atoms with Gasteiger partial charge in [-0.1, -0.05) is 41.9 Å². The number of halogens is 1. The molecule has 0 aliphatic heterocycles. The number of nitrogens with zero attached hydrogens (tertiary/aromatic N) is 3. The molecule has 4 rings (SSSR count). The summed E-state index contributed by atoms with van der Waals surface area (Å²) in [6, 6.07) is 22.2. The van der Waals surface area contributed by atoms with Crippen LogP contribution in [0.25, 0.3) is 10.9 Å². The molecule has 150 valence electrons. The molecule has 0 amide bonds. The summed E-state index contributed by atoms with van der Waals surface area (Å²) in [7, 11) is 0. The first-order valence-electron chi connectivity index (χ1n) is 9.39. The highest BCUT2D eigenvalue weighted by atomic mass is 35.5. The summed E-state index contributed by atoms with van der Waals surface area (Å²) in [5.41, 5.74) is 8.08. The Balaban J connectivity index is 1.62. The smallest absolute Gasteiger partial charge is 0.269 e. The second kappa shape index (κ2) is 8.39. The van der Waals surface area contributed by atoms with Crippen molar-refractivity contribution >= 4 is 40.1 Å². The Hall–Kier alpha value is -3.64. The highest BCUT2D eigenvalue weighted by Crippen LogP contribution is 2.26. The normalized spacial score (nSPS) is 11.3. The van der Waals surface area contributed by atoms with E-state index >= 15 is 0 Å². The van der Waals surface area contributed by atoms with Gasteiger partial charge >= 0.3 is 0 Å². The van der Waals surface area contributed by atoms with Gasteiger partial charge in [0.05, 0.1) is 16.8 Å². The van der Waals surface area contributed by atoms with Crippen molar-refractivity contribution in [2.45, 2.75) is 13.5 Å². The van der Waals surface area contributed by atoms with Crippen LogP contribution in [-0.2, 0) is 6.54 Å². The molecular formula is C23H19ClN4O2. The highest BCUT2D eigenvalue weighted by Gasteiger charge is 2.12. The number of hydrogen-bond acceptors (Lipinski definition) is 4. The van der Waals surface area contributed by atoms with E-state index in [0.717, 1.165) is 39.3 Å². The molecule has 1 aromatic heterocycles. The van der Waals surface area contributed by atoms with Crippen molar-refractivity contribution in [2.24, 2.45) is 5.10 Å². The fraction of sp³-hybridized carbons (Fsp3) is 0.0870. The van der Waals surface area contributed by atoms with E-state index in [1.54, 1.807) is 18.3 Å². The van der Waals surface area contributed by atoms with E-state index in [2.05, 4.69) is 34.2 Å². The van der Waals surface area contributed by atoms with Gasteiger partial charge in [-0.25, -0.2) is 0 Å². The van der Waals surface area contributed by atoms with Gasteiger partial charge in [0.1, 0.15) is 0 Å². The van der Waals surface area contributed by atoms with Gasteiger partial charge in [0.2, 0.25) is 0 Å². The number of rotatable bonds is 6. The number of nitrogens with one attached hydrogen (secondary N) is 1. The number of hydrazone groups is 1. The summed E-state index contributed by atoms with van der Waals surface area (Å²) in [6.07, 6.45) is 1.79. The van der Waals surface area contributed by atoms with E-state index in [0.29, 0.717) is 5.69 Å². The highest BCUT2D eigenvalue weighted by molar-refractivity contribution is 6.30. The Morgan fingerprint density at radius 1 is 1.07 bits per heavy atom. The summed E-state index contributed by atoms with van der Waals surface area (Å²) < 4.78 is 2.26. The standard InChI is InChI=1S/C23H19ClN4O2/c1-16-22(14-25-26-19-10-12-20(13-11-19)28(29)30)21-4-2-3-5-23(21)27(16)15-17-6-8-18(24)9-7-17/h2-14,26H,15H2,1H3/b25-14+.